The first-order valence-electron chi connectivity index (χ1n) is 7.14. The fourth-order valence-electron chi connectivity index (χ4n) is 2.02. The third kappa shape index (κ3) is 4.70. The molecule has 0 aliphatic carbocycles. The summed E-state index contributed by atoms with van der Waals surface area (Å²) in [4.78, 5) is 12.2. The second-order valence-corrected chi connectivity index (χ2v) is 7.75. The van der Waals surface area contributed by atoms with Crippen molar-refractivity contribution in [3.63, 3.8) is 0 Å². The number of hydrogen-bond acceptors (Lipinski definition) is 3. The number of rotatable bonds is 6. The van der Waals surface area contributed by atoms with Gasteiger partial charge in [0.2, 0.25) is 15.9 Å². The molecule has 1 N–H and O–H groups in total. The van der Waals surface area contributed by atoms with Crippen molar-refractivity contribution < 1.29 is 13.2 Å². The number of nitrogens with one attached hydrogen (secondary N) is 1. The average Bonchev–Trinajstić information content (AvgIpc) is 2.55. The van der Waals surface area contributed by atoms with Crippen LogP contribution in [0.5, 0.6) is 0 Å². The van der Waals surface area contributed by atoms with Crippen LogP contribution >= 0.6 is 23.2 Å². The van der Waals surface area contributed by atoms with Crippen LogP contribution in [0.2, 0.25) is 10.0 Å². The zero-order valence-electron chi connectivity index (χ0n) is 12.9. The van der Waals surface area contributed by atoms with Crippen LogP contribution in [0.25, 0.3) is 0 Å². The fourth-order valence-corrected chi connectivity index (χ4v) is 3.67. The van der Waals surface area contributed by atoms with Crippen molar-refractivity contribution in [1.82, 2.24) is 4.31 Å². The molecular formula is C16H16Cl2N2O3S. The SMILES string of the molecule is CCN(CC(=O)Nc1ccc(Cl)cc1)S(=O)(=O)c1ccc(Cl)cc1. The highest BCUT2D eigenvalue weighted by Crippen LogP contribution is 2.19. The van der Waals surface area contributed by atoms with Crippen LogP contribution in [-0.2, 0) is 14.8 Å². The number of nitrogens with zero attached hydrogens (tertiary/aromatic N) is 1. The lowest BCUT2D eigenvalue weighted by molar-refractivity contribution is -0.116. The Morgan fingerprint density at radius 2 is 1.50 bits per heavy atom. The molecule has 0 fully saturated rings. The molecule has 0 unspecified atom stereocenters. The molecule has 2 aromatic rings. The molecule has 8 heteroatoms. The minimum atomic E-state index is -3.77. The van der Waals surface area contributed by atoms with Crippen molar-refractivity contribution in [3.05, 3.63) is 58.6 Å². The number of benzene rings is 2. The van der Waals surface area contributed by atoms with E-state index in [4.69, 9.17) is 23.2 Å². The summed E-state index contributed by atoms with van der Waals surface area (Å²) in [7, 11) is -3.77. The molecule has 0 aromatic heterocycles. The van der Waals surface area contributed by atoms with Crippen molar-refractivity contribution in [1.29, 1.82) is 0 Å². The third-order valence-electron chi connectivity index (χ3n) is 3.25. The quantitative estimate of drug-likeness (QED) is 0.823. The van der Waals surface area contributed by atoms with Crippen LogP contribution < -0.4 is 5.32 Å². The molecule has 0 saturated heterocycles. The Balaban J connectivity index is 2.11. The van der Waals surface area contributed by atoms with E-state index in [0.29, 0.717) is 15.7 Å². The molecule has 24 heavy (non-hydrogen) atoms. The smallest absolute Gasteiger partial charge is 0.243 e. The summed E-state index contributed by atoms with van der Waals surface area (Å²) in [5.74, 6) is -0.434. The molecule has 0 atom stereocenters. The maximum atomic E-state index is 12.6. The van der Waals surface area contributed by atoms with E-state index in [2.05, 4.69) is 5.32 Å². The molecule has 0 aliphatic rings. The average molecular weight is 387 g/mol. The molecule has 128 valence electrons. The van der Waals surface area contributed by atoms with Gasteiger partial charge in [-0.2, -0.15) is 4.31 Å². The number of anilines is 1. The molecule has 0 saturated carbocycles. The van der Waals surface area contributed by atoms with Gasteiger partial charge in [-0.15, -0.1) is 0 Å². The summed E-state index contributed by atoms with van der Waals surface area (Å²) in [6, 6.07) is 12.4. The summed E-state index contributed by atoms with van der Waals surface area (Å²) >= 11 is 11.6. The Hall–Kier alpha value is -1.60. The summed E-state index contributed by atoms with van der Waals surface area (Å²) in [6.45, 7) is 1.55. The van der Waals surface area contributed by atoms with Crippen molar-refractivity contribution >= 4 is 44.8 Å². The Kier molecular flexibility index (Phi) is 6.23. The first-order valence-corrected chi connectivity index (χ1v) is 9.33. The largest absolute Gasteiger partial charge is 0.325 e. The number of carbonyl (C=O) groups is 1. The highest BCUT2D eigenvalue weighted by molar-refractivity contribution is 7.89. The molecule has 2 aromatic carbocycles. The summed E-state index contributed by atoms with van der Waals surface area (Å²) in [6.07, 6.45) is 0. The molecule has 0 heterocycles. The Labute approximate surface area is 151 Å². The van der Waals surface area contributed by atoms with E-state index in [1.54, 1.807) is 31.2 Å². The van der Waals surface area contributed by atoms with Gasteiger partial charge in [0.15, 0.2) is 0 Å². The summed E-state index contributed by atoms with van der Waals surface area (Å²) in [5.41, 5.74) is 0.546. The van der Waals surface area contributed by atoms with Crippen LogP contribution in [0.4, 0.5) is 5.69 Å². The maximum absolute atomic E-state index is 12.6. The number of hydrogen-bond donors (Lipinski definition) is 1. The standard InChI is InChI=1S/C16H16Cl2N2O3S/c1-2-20(24(22,23)15-9-5-13(18)6-10-15)11-16(21)19-14-7-3-12(17)4-8-14/h3-10H,2,11H2,1H3,(H,19,21). The third-order valence-corrected chi connectivity index (χ3v) is 5.69. The van der Waals surface area contributed by atoms with Crippen LogP contribution in [0.3, 0.4) is 0 Å². The first kappa shape index (κ1) is 18.7. The van der Waals surface area contributed by atoms with E-state index in [-0.39, 0.29) is 18.0 Å². The molecule has 5 nitrogen and oxygen atoms in total. The highest BCUT2D eigenvalue weighted by atomic mass is 35.5. The van der Waals surface area contributed by atoms with Gasteiger partial charge < -0.3 is 5.32 Å². The van der Waals surface area contributed by atoms with Crippen molar-refractivity contribution in [2.75, 3.05) is 18.4 Å². The number of halogens is 2. The predicted molar refractivity (Wildman–Crippen MR) is 96.0 cm³/mol. The number of sulfonamides is 1. The van der Waals surface area contributed by atoms with Gasteiger partial charge in [-0.3, -0.25) is 4.79 Å². The van der Waals surface area contributed by atoms with Gasteiger partial charge in [-0.05, 0) is 48.5 Å². The Morgan fingerprint density at radius 1 is 1.00 bits per heavy atom. The van der Waals surface area contributed by atoms with E-state index >= 15 is 0 Å². The topological polar surface area (TPSA) is 66.5 Å². The maximum Gasteiger partial charge on any atom is 0.243 e. The fraction of sp³-hybridized carbons (Fsp3) is 0.188. The lowest BCUT2D eigenvalue weighted by Gasteiger charge is -2.20. The van der Waals surface area contributed by atoms with Gasteiger partial charge in [-0.1, -0.05) is 30.1 Å². The Bertz CT molecular complexity index is 806. The number of carbonyl (C=O) groups excluding carboxylic acids is 1. The minimum Gasteiger partial charge on any atom is -0.325 e. The first-order chi connectivity index (χ1) is 11.3. The van der Waals surface area contributed by atoms with Gasteiger partial charge in [0.25, 0.3) is 0 Å². The van der Waals surface area contributed by atoms with E-state index in [1.807, 2.05) is 0 Å². The lowest BCUT2D eigenvalue weighted by Crippen LogP contribution is -2.37. The van der Waals surface area contributed by atoms with Gasteiger partial charge in [0.05, 0.1) is 11.4 Å². The van der Waals surface area contributed by atoms with Gasteiger partial charge in [0, 0.05) is 22.3 Å². The van der Waals surface area contributed by atoms with Gasteiger partial charge in [0.1, 0.15) is 0 Å². The van der Waals surface area contributed by atoms with Crippen molar-refractivity contribution in [2.24, 2.45) is 0 Å². The van der Waals surface area contributed by atoms with Crippen LogP contribution in [-0.4, -0.2) is 31.7 Å². The second-order valence-electron chi connectivity index (χ2n) is 4.94. The van der Waals surface area contributed by atoms with Gasteiger partial charge in [-0.25, -0.2) is 8.42 Å². The number of likely N-dealkylation sites (N-methyl/N-ethyl adjacent to an activating group) is 1. The zero-order chi connectivity index (χ0) is 17.7. The van der Waals surface area contributed by atoms with Crippen LogP contribution in [0, 0.1) is 0 Å². The lowest BCUT2D eigenvalue weighted by atomic mass is 10.3. The second kappa shape index (κ2) is 7.98. The van der Waals surface area contributed by atoms with E-state index in [9.17, 15) is 13.2 Å². The molecule has 0 radical (unpaired) electrons. The normalized spacial score (nSPS) is 11.5. The van der Waals surface area contributed by atoms with Crippen LogP contribution in [0.1, 0.15) is 6.92 Å². The molecule has 0 aliphatic heterocycles. The van der Waals surface area contributed by atoms with E-state index < -0.39 is 15.9 Å². The molecule has 0 bridgehead atoms. The van der Waals surface area contributed by atoms with E-state index in [1.165, 1.54) is 24.3 Å². The molecular weight excluding hydrogens is 371 g/mol. The number of amides is 1. The van der Waals surface area contributed by atoms with Crippen molar-refractivity contribution in [3.8, 4) is 0 Å². The zero-order valence-corrected chi connectivity index (χ0v) is 15.2. The molecule has 0 spiro atoms. The van der Waals surface area contributed by atoms with E-state index in [0.717, 1.165) is 4.31 Å². The highest BCUT2D eigenvalue weighted by Gasteiger charge is 2.25. The summed E-state index contributed by atoms with van der Waals surface area (Å²) in [5, 5.41) is 3.63. The van der Waals surface area contributed by atoms with Crippen molar-refractivity contribution in [2.45, 2.75) is 11.8 Å². The van der Waals surface area contributed by atoms with Gasteiger partial charge >= 0.3 is 0 Å². The minimum absolute atomic E-state index is 0.0908. The summed E-state index contributed by atoms with van der Waals surface area (Å²) < 4.78 is 26.3. The molecule has 2 rings (SSSR count). The van der Waals surface area contributed by atoms with Crippen LogP contribution in [0.15, 0.2) is 53.4 Å². The monoisotopic (exact) mass is 386 g/mol. The molecule has 1 amide bonds. The predicted octanol–water partition coefficient (Wildman–Crippen LogP) is 3.64. The Morgan fingerprint density at radius 3 is 2.00 bits per heavy atom.